The van der Waals surface area contributed by atoms with Crippen LogP contribution in [0.3, 0.4) is 0 Å². The lowest BCUT2D eigenvalue weighted by Crippen LogP contribution is -2.48. The summed E-state index contributed by atoms with van der Waals surface area (Å²) in [4.78, 5) is 12.4. The number of hydrogen-bond acceptors (Lipinski definition) is 4. The fourth-order valence-electron chi connectivity index (χ4n) is 5.15. The van der Waals surface area contributed by atoms with Crippen LogP contribution in [0.5, 0.6) is 0 Å². The van der Waals surface area contributed by atoms with Crippen LogP contribution in [0.4, 0.5) is 0 Å². The summed E-state index contributed by atoms with van der Waals surface area (Å²) in [5.74, 6) is -0.529. The first-order valence-electron chi connectivity index (χ1n) is 18.5. The number of allylic oxidation sites excluding steroid dienone is 7. The van der Waals surface area contributed by atoms with Crippen LogP contribution in [0.2, 0.25) is 0 Å². The van der Waals surface area contributed by atoms with E-state index in [1.54, 1.807) is 6.08 Å². The number of carbonyl (C=O) groups excluding carboxylic acids is 1. The van der Waals surface area contributed by atoms with Gasteiger partial charge in [-0.1, -0.05) is 146 Å². The summed E-state index contributed by atoms with van der Waals surface area (Å²) >= 11 is 0. The molecule has 1 amide bonds. The molecule has 0 fully saturated rings. The second-order valence-corrected chi connectivity index (χ2v) is 12.4. The first-order chi connectivity index (χ1) is 21.6. The van der Waals surface area contributed by atoms with Crippen molar-refractivity contribution >= 4 is 5.91 Å². The maximum atomic E-state index is 12.4. The van der Waals surface area contributed by atoms with E-state index in [2.05, 4.69) is 55.6 Å². The number of unbranched alkanes of at least 4 members (excludes halogenated alkanes) is 18. The van der Waals surface area contributed by atoms with Gasteiger partial charge in [0.1, 0.15) is 6.10 Å². The Labute approximate surface area is 272 Å². The summed E-state index contributed by atoms with van der Waals surface area (Å²) in [6, 6.07) is -0.824. The van der Waals surface area contributed by atoms with Gasteiger partial charge in [0.25, 0.3) is 0 Å². The van der Waals surface area contributed by atoms with Gasteiger partial charge >= 0.3 is 0 Å². The van der Waals surface area contributed by atoms with Crippen LogP contribution in [0.15, 0.2) is 48.6 Å². The number of hydrogen-bond donors (Lipinski definition) is 4. The van der Waals surface area contributed by atoms with Crippen LogP contribution in [-0.4, -0.2) is 46.1 Å². The second-order valence-electron chi connectivity index (χ2n) is 12.4. The normalized spacial score (nSPS) is 14.4. The molecule has 0 aliphatic carbocycles. The highest BCUT2D eigenvalue weighted by molar-refractivity contribution is 5.80. The molecule has 0 aliphatic rings. The van der Waals surface area contributed by atoms with Crippen LogP contribution in [-0.2, 0) is 4.79 Å². The molecule has 0 saturated carbocycles. The van der Waals surface area contributed by atoms with E-state index in [0.717, 1.165) is 57.8 Å². The van der Waals surface area contributed by atoms with E-state index in [0.29, 0.717) is 6.42 Å². The Morgan fingerprint density at radius 2 is 0.932 bits per heavy atom. The summed E-state index contributed by atoms with van der Waals surface area (Å²) in [6.45, 7) is 4.10. The lowest BCUT2D eigenvalue weighted by molar-refractivity contribution is -0.131. The van der Waals surface area contributed by atoms with Crippen LogP contribution in [0.1, 0.15) is 168 Å². The topological polar surface area (TPSA) is 89.8 Å². The highest BCUT2D eigenvalue weighted by Gasteiger charge is 2.22. The standard InChI is InChI=1S/C39H71NO4/c1-3-5-7-9-11-13-15-17-18-19-20-22-24-26-28-30-32-34-38(43)39(44)40-36(35-41)37(42)33-31-29-27-25-23-21-16-14-12-10-8-6-4-2/h12,14,20,22-23,25,31,33,36-38,41-43H,3-11,13,15-19,21,24,26-30,32,34-35H2,1-2H3,(H,40,44)/b14-12+,22-20-,25-23+,33-31+. The minimum absolute atomic E-state index is 0.386. The monoisotopic (exact) mass is 618 g/mol. The number of nitrogens with one attached hydrogen (secondary N) is 1. The molecule has 44 heavy (non-hydrogen) atoms. The summed E-state index contributed by atoms with van der Waals surface area (Å²) in [5, 5.41) is 32.9. The Kier molecular flexibility index (Phi) is 32.9. The molecule has 0 aromatic carbocycles. The third kappa shape index (κ3) is 29.0. The quantitative estimate of drug-likeness (QED) is 0.0447. The third-order valence-electron chi connectivity index (χ3n) is 8.12. The van der Waals surface area contributed by atoms with Crippen molar-refractivity contribution in [2.24, 2.45) is 0 Å². The van der Waals surface area contributed by atoms with Crippen molar-refractivity contribution in [1.82, 2.24) is 5.32 Å². The molecule has 256 valence electrons. The summed E-state index contributed by atoms with van der Waals surface area (Å²) < 4.78 is 0. The van der Waals surface area contributed by atoms with Crippen LogP contribution < -0.4 is 5.32 Å². The van der Waals surface area contributed by atoms with E-state index in [4.69, 9.17) is 0 Å². The Morgan fingerprint density at radius 3 is 1.43 bits per heavy atom. The zero-order valence-electron chi connectivity index (χ0n) is 28.8. The molecular formula is C39H71NO4. The first-order valence-corrected chi connectivity index (χ1v) is 18.5. The molecule has 0 heterocycles. The highest BCUT2D eigenvalue weighted by atomic mass is 16.3. The average molecular weight is 618 g/mol. The minimum Gasteiger partial charge on any atom is -0.394 e. The van der Waals surface area contributed by atoms with Crippen LogP contribution >= 0.6 is 0 Å². The molecule has 0 aliphatic heterocycles. The molecule has 0 aromatic rings. The molecule has 0 rings (SSSR count). The fraction of sp³-hybridized carbons (Fsp3) is 0.769. The molecule has 3 unspecified atom stereocenters. The van der Waals surface area contributed by atoms with Gasteiger partial charge in [-0.15, -0.1) is 0 Å². The predicted octanol–water partition coefficient (Wildman–Crippen LogP) is 9.81. The van der Waals surface area contributed by atoms with E-state index in [1.165, 1.54) is 89.9 Å². The van der Waals surface area contributed by atoms with Gasteiger partial charge in [-0.25, -0.2) is 0 Å². The highest BCUT2D eigenvalue weighted by Crippen LogP contribution is 2.12. The van der Waals surface area contributed by atoms with Crippen LogP contribution in [0, 0.1) is 0 Å². The third-order valence-corrected chi connectivity index (χ3v) is 8.12. The number of rotatable bonds is 32. The van der Waals surface area contributed by atoms with Crippen molar-refractivity contribution in [3.8, 4) is 0 Å². The smallest absolute Gasteiger partial charge is 0.249 e. The van der Waals surface area contributed by atoms with E-state index < -0.39 is 24.2 Å². The largest absolute Gasteiger partial charge is 0.394 e. The van der Waals surface area contributed by atoms with E-state index in [1.807, 2.05) is 6.08 Å². The number of aliphatic hydroxyl groups is 3. The van der Waals surface area contributed by atoms with Gasteiger partial charge < -0.3 is 20.6 Å². The van der Waals surface area contributed by atoms with E-state index in [-0.39, 0.29) is 6.61 Å². The molecular weight excluding hydrogens is 546 g/mol. The fourth-order valence-corrected chi connectivity index (χ4v) is 5.15. The van der Waals surface area contributed by atoms with Crippen molar-refractivity contribution in [3.63, 3.8) is 0 Å². The zero-order chi connectivity index (χ0) is 32.4. The first kappa shape index (κ1) is 42.3. The van der Waals surface area contributed by atoms with Crippen molar-refractivity contribution in [1.29, 1.82) is 0 Å². The van der Waals surface area contributed by atoms with Gasteiger partial charge in [0.2, 0.25) is 5.91 Å². The van der Waals surface area contributed by atoms with Gasteiger partial charge in [0.15, 0.2) is 0 Å². The number of amides is 1. The SMILES string of the molecule is CCCCC/C=C/CC/C=C/CC/C=C/C(O)C(CO)NC(=O)C(O)CCCCCC/C=C\CCCCCCCCCCC. The van der Waals surface area contributed by atoms with Crippen molar-refractivity contribution in [2.75, 3.05) is 6.61 Å². The predicted molar refractivity (Wildman–Crippen MR) is 190 cm³/mol. The van der Waals surface area contributed by atoms with Crippen molar-refractivity contribution < 1.29 is 20.1 Å². The summed E-state index contributed by atoms with van der Waals surface area (Å²) in [6.07, 6.45) is 42.7. The molecule has 0 radical (unpaired) electrons. The zero-order valence-corrected chi connectivity index (χ0v) is 28.8. The lowest BCUT2D eigenvalue weighted by Gasteiger charge is -2.21. The summed E-state index contributed by atoms with van der Waals surface area (Å²) in [7, 11) is 0. The molecule has 5 heteroatoms. The molecule has 0 saturated heterocycles. The van der Waals surface area contributed by atoms with Crippen molar-refractivity contribution in [3.05, 3.63) is 48.6 Å². The average Bonchev–Trinajstić information content (AvgIpc) is 3.03. The molecule has 0 spiro atoms. The van der Waals surface area contributed by atoms with Crippen LogP contribution in [0.25, 0.3) is 0 Å². The Hall–Kier alpha value is -1.69. The second kappa shape index (κ2) is 34.2. The Bertz CT molecular complexity index is 730. The maximum Gasteiger partial charge on any atom is 0.249 e. The van der Waals surface area contributed by atoms with Gasteiger partial charge in [0, 0.05) is 0 Å². The molecule has 4 N–H and O–H groups in total. The van der Waals surface area contributed by atoms with Gasteiger partial charge in [-0.3, -0.25) is 4.79 Å². The van der Waals surface area contributed by atoms with E-state index >= 15 is 0 Å². The molecule has 3 atom stereocenters. The number of aliphatic hydroxyl groups excluding tert-OH is 3. The molecule has 0 aromatic heterocycles. The molecule has 0 bridgehead atoms. The Balaban J connectivity index is 3.83. The van der Waals surface area contributed by atoms with E-state index in [9.17, 15) is 20.1 Å². The number of carbonyl (C=O) groups is 1. The lowest BCUT2D eigenvalue weighted by atomic mass is 10.1. The Morgan fingerprint density at radius 1 is 0.545 bits per heavy atom. The van der Waals surface area contributed by atoms with Crippen molar-refractivity contribution in [2.45, 2.75) is 186 Å². The van der Waals surface area contributed by atoms with Gasteiger partial charge in [0.05, 0.1) is 18.8 Å². The maximum absolute atomic E-state index is 12.4. The minimum atomic E-state index is -1.12. The summed E-state index contributed by atoms with van der Waals surface area (Å²) in [5.41, 5.74) is 0. The van der Waals surface area contributed by atoms with Gasteiger partial charge in [-0.2, -0.15) is 0 Å². The molecule has 5 nitrogen and oxygen atoms in total. The van der Waals surface area contributed by atoms with Gasteiger partial charge in [-0.05, 0) is 70.6 Å².